The van der Waals surface area contributed by atoms with Gasteiger partial charge in [-0.25, -0.2) is 4.39 Å². The highest BCUT2D eigenvalue weighted by Gasteiger charge is 2.34. The summed E-state index contributed by atoms with van der Waals surface area (Å²) >= 11 is 0. The number of hydrogen-bond donors (Lipinski definition) is 1. The van der Waals surface area contributed by atoms with Crippen molar-refractivity contribution in [3.05, 3.63) is 29.1 Å². The number of benzene rings is 1. The molecule has 1 atom stereocenters. The highest BCUT2D eigenvalue weighted by Crippen LogP contribution is 2.37. The van der Waals surface area contributed by atoms with Gasteiger partial charge in [0.2, 0.25) is 11.8 Å². The van der Waals surface area contributed by atoms with E-state index < -0.39 is 12.0 Å². The number of rotatable bonds is 3. The van der Waals surface area contributed by atoms with Gasteiger partial charge in [0.15, 0.2) is 0 Å². The van der Waals surface area contributed by atoms with Gasteiger partial charge in [0.25, 0.3) is 0 Å². The van der Waals surface area contributed by atoms with Crippen molar-refractivity contribution in [3.8, 4) is 0 Å². The smallest absolute Gasteiger partial charge is 0.236 e. The first-order valence-electron chi connectivity index (χ1n) is 7.63. The first-order valence-corrected chi connectivity index (χ1v) is 7.63. The lowest BCUT2D eigenvalue weighted by atomic mass is 10.1. The maximum absolute atomic E-state index is 14.4. The van der Waals surface area contributed by atoms with Crippen molar-refractivity contribution < 1.29 is 19.1 Å². The molecule has 23 heavy (non-hydrogen) atoms. The van der Waals surface area contributed by atoms with E-state index in [9.17, 15) is 19.1 Å². The van der Waals surface area contributed by atoms with Crippen LogP contribution in [0, 0.1) is 5.82 Å². The van der Waals surface area contributed by atoms with Crippen LogP contribution >= 0.6 is 0 Å². The number of aliphatic hydroxyl groups is 1. The fourth-order valence-corrected chi connectivity index (χ4v) is 3.06. The summed E-state index contributed by atoms with van der Waals surface area (Å²) in [7, 11) is 3.27. The van der Waals surface area contributed by atoms with E-state index in [1.54, 1.807) is 25.1 Å². The number of anilines is 1. The Morgan fingerprint density at radius 1 is 1.43 bits per heavy atom. The second-order valence-electron chi connectivity index (χ2n) is 6.21. The fourth-order valence-electron chi connectivity index (χ4n) is 3.06. The third kappa shape index (κ3) is 2.82. The van der Waals surface area contributed by atoms with Crippen LogP contribution in [-0.4, -0.2) is 53.9 Å². The average molecular weight is 321 g/mol. The molecule has 2 aliphatic heterocycles. The highest BCUT2D eigenvalue weighted by molar-refractivity contribution is 5.95. The van der Waals surface area contributed by atoms with Gasteiger partial charge in [0.1, 0.15) is 12.0 Å². The largest absolute Gasteiger partial charge is 0.374 e. The van der Waals surface area contributed by atoms with Crippen LogP contribution in [0.25, 0.3) is 0 Å². The first kappa shape index (κ1) is 15.9. The molecule has 6 nitrogen and oxygen atoms in total. The summed E-state index contributed by atoms with van der Waals surface area (Å²) in [6.45, 7) is 0.756. The van der Waals surface area contributed by atoms with E-state index in [0.717, 1.165) is 6.42 Å². The van der Waals surface area contributed by atoms with Crippen molar-refractivity contribution in [2.24, 2.45) is 0 Å². The Kier molecular flexibility index (Phi) is 4.08. The van der Waals surface area contributed by atoms with Gasteiger partial charge in [-0.05, 0) is 18.6 Å². The number of halogens is 1. The Balaban J connectivity index is 1.87. The molecule has 1 unspecified atom stereocenters. The molecule has 1 fully saturated rings. The molecule has 2 amide bonds. The predicted molar refractivity (Wildman–Crippen MR) is 82.1 cm³/mol. The zero-order valence-corrected chi connectivity index (χ0v) is 13.3. The summed E-state index contributed by atoms with van der Waals surface area (Å²) in [5.74, 6) is -0.639. The van der Waals surface area contributed by atoms with Crippen LogP contribution in [0.2, 0.25) is 0 Å². The minimum Gasteiger partial charge on any atom is -0.374 e. The minimum atomic E-state index is -1.04. The topological polar surface area (TPSA) is 64.1 Å². The SMILES string of the molecule is CN(C)C(=O)CN1Cc2c(F)cc(N3CCCC3=O)cc2C1O. The lowest BCUT2D eigenvalue weighted by Gasteiger charge is -2.22. The molecule has 3 rings (SSSR count). The van der Waals surface area contributed by atoms with Crippen LogP contribution in [0.15, 0.2) is 12.1 Å². The second-order valence-corrected chi connectivity index (χ2v) is 6.21. The van der Waals surface area contributed by atoms with Gasteiger partial charge >= 0.3 is 0 Å². The maximum Gasteiger partial charge on any atom is 0.236 e. The molecule has 0 saturated carbocycles. The summed E-state index contributed by atoms with van der Waals surface area (Å²) in [6.07, 6.45) is 0.176. The average Bonchev–Trinajstić information content (AvgIpc) is 3.05. The molecule has 1 N–H and O–H groups in total. The Labute approximate surface area is 134 Å². The molecule has 7 heteroatoms. The normalized spacial score (nSPS) is 21.0. The van der Waals surface area contributed by atoms with E-state index in [1.165, 1.54) is 15.9 Å². The molecular weight excluding hydrogens is 301 g/mol. The van der Waals surface area contributed by atoms with Crippen LogP contribution in [0.1, 0.15) is 30.2 Å². The molecule has 2 aliphatic rings. The fraction of sp³-hybridized carbons (Fsp3) is 0.500. The van der Waals surface area contributed by atoms with Crippen LogP contribution < -0.4 is 4.90 Å². The number of carbonyl (C=O) groups is 2. The maximum atomic E-state index is 14.4. The Bertz CT molecular complexity index is 662. The number of fused-ring (bicyclic) bond motifs is 1. The van der Waals surface area contributed by atoms with Gasteiger partial charge in [-0.1, -0.05) is 0 Å². The van der Waals surface area contributed by atoms with Crippen molar-refractivity contribution in [1.82, 2.24) is 9.80 Å². The molecule has 0 spiro atoms. The highest BCUT2D eigenvalue weighted by atomic mass is 19.1. The summed E-state index contributed by atoms with van der Waals surface area (Å²) in [4.78, 5) is 28.2. The third-order valence-corrected chi connectivity index (χ3v) is 4.42. The van der Waals surface area contributed by atoms with E-state index in [-0.39, 0.29) is 24.9 Å². The molecule has 0 aromatic heterocycles. The number of hydrogen-bond acceptors (Lipinski definition) is 4. The van der Waals surface area contributed by atoms with Gasteiger partial charge in [0.05, 0.1) is 6.54 Å². The molecule has 1 aromatic carbocycles. The zero-order valence-electron chi connectivity index (χ0n) is 13.3. The molecule has 0 radical (unpaired) electrons. The summed E-state index contributed by atoms with van der Waals surface area (Å²) in [6, 6.07) is 3.00. The molecule has 1 saturated heterocycles. The molecule has 124 valence electrons. The van der Waals surface area contributed by atoms with Crippen molar-refractivity contribution in [2.45, 2.75) is 25.6 Å². The van der Waals surface area contributed by atoms with E-state index in [1.807, 2.05) is 0 Å². The van der Waals surface area contributed by atoms with E-state index in [0.29, 0.717) is 29.8 Å². The van der Waals surface area contributed by atoms with Crippen molar-refractivity contribution in [1.29, 1.82) is 0 Å². The van der Waals surface area contributed by atoms with Crippen LogP contribution in [0.3, 0.4) is 0 Å². The number of carbonyl (C=O) groups excluding carboxylic acids is 2. The van der Waals surface area contributed by atoms with Crippen LogP contribution in [0.5, 0.6) is 0 Å². The Morgan fingerprint density at radius 3 is 2.78 bits per heavy atom. The molecule has 2 heterocycles. The number of nitrogens with zero attached hydrogens (tertiary/aromatic N) is 3. The summed E-state index contributed by atoms with van der Waals surface area (Å²) < 4.78 is 14.4. The predicted octanol–water partition coefficient (Wildman–Crippen LogP) is 0.847. The summed E-state index contributed by atoms with van der Waals surface area (Å²) in [5.41, 5.74) is 1.30. The van der Waals surface area contributed by atoms with Gasteiger partial charge in [-0.3, -0.25) is 14.5 Å². The van der Waals surface area contributed by atoms with Crippen molar-refractivity contribution in [2.75, 3.05) is 32.1 Å². The molecule has 1 aromatic rings. The zero-order chi connectivity index (χ0) is 16.7. The van der Waals surface area contributed by atoms with E-state index in [4.69, 9.17) is 0 Å². The monoisotopic (exact) mass is 321 g/mol. The number of amides is 2. The Morgan fingerprint density at radius 2 is 2.17 bits per heavy atom. The lowest BCUT2D eigenvalue weighted by molar-refractivity contribution is -0.132. The molecule has 0 aliphatic carbocycles. The van der Waals surface area contributed by atoms with Crippen molar-refractivity contribution >= 4 is 17.5 Å². The van der Waals surface area contributed by atoms with Crippen LogP contribution in [0.4, 0.5) is 10.1 Å². The van der Waals surface area contributed by atoms with Crippen molar-refractivity contribution in [3.63, 3.8) is 0 Å². The number of likely N-dealkylation sites (N-methyl/N-ethyl adjacent to an activating group) is 1. The first-order chi connectivity index (χ1) is 10.9. The summed E-state index contributed by atoms with van der Waals surface area (Å²) in [5, 5.41) is 10.4. The molecular formula is C16H20FN3O3. The minimum absolute atomic E-state index is 0.0142. The third-order valence-electron chi connectivity index (χ3n) is 4.42. The lowest BCUT2D eigenvalue weighted by Crippen LogP contribution is -2.35. The number of aliphatic hydroxyl groups excluding tert-OH is 1. The van der Waals surface area contributed by atoms with Gasteiger partial charge < -0.3 is 14.9 Å². The second kappa shape index (κ2) is 5.90. The van der Waals surface area contributed by atoms with Gasteiger partial charge in [-0.15, -0.1) is 0 Å². The van der Waals surface area contributed by atoms with E-state index >= 15 is 0 Å². The van der Waals surface area contributed by atoms with Crippen LogP contribution in [-0.2, 0) is 16.1 Å². The van der Waals surface area contributed by atoms with E-state index in [2.05, 4.69) is 0 Å². The molecule has 0 bridgehead atoms. The Hall–Kier alpha value is -1.99. The van der Waals surface area contributed by atoms with Gasteiger partial charge in [-0.2, -0.15) is 0 Å². The quantitative estimate of drug-likeness (QED) is 0.896. The standard InChI is InChI=1S/C16H20FN3O3/c1-18(2)15(22)9-19-8-12-11(16(19)23)6-10(7-13(12)17)20-5-3-4-14(20)21/h6-7,16,23H,3-5,8-9H2,1-2H3. The van der Waals surface area contributed by atoms with Gasteiger partial charge in [0, 0.05) is 50.4 Å².